The van der Waals surface area contributed by atoms with Gasteiger partial charge in [-0.25, -0.2) is 0 Å². The van der Waals surface area contributed by atoms with E-state index >= 15 is 0 Å². The SMILES string of the molecule is CC1(C)CCN(CCC(=O)Nc2cccc(C#N)c2)C1. The number of anilines is 1. The van der Waals surface area contributed by atoms with E-state index in [4.69, 9.17) is 5.26 Å². The number of benzene rings is 1. The molecule has 4 nitrogen and oxygen atoms in total. The average molecular weight is 271 g/mol. The first kappa shape index (κ1) is 14.5. The Kier molecular flexibility index (Phi) is 4.41. The van der Waals surface area contributed by atoms with Crippen molar-refractivity contribution in [2.24, 2.45) is 5.41 Å². The molecule has 0 aliphatic carbocycles. The Balaban J connectivity index is 1.80. The second-order valence-electron chi connectivity index (χ2n) is 6.18. The van der Waals surface area contributed by atoms with Crippen LogP contribution in [-0.4, -0.2) is 30.4 Å². The van der Waals surface area contributed by atoms with Gasteiger partial charge in [0.25, 0.3) is 0 Å². The monoisotopic (exact) mass is 271 g/mol. The normalized spacial score (nSPS) is 17.6. The second-order valence-corrected chi connectivity index (χ2v) is 6.18. The number of carbonyl (C=O) groups excluding carboxylic acids is 1. The van der Waals surface area contributed by atoms with Crippen LogP contribution in [0.2, 0.25) is 0 Å². The molecule has 1 aliphatic heterocycles. The molecule has 1 fully saturated rings. The van der Waals surface area contributed by atoms with Crippen molar-refractivity contribution in [3.05, 3.63) is 29.8 Å². The Morgan fingerprint density at radius 1 is 1.50 bits per heavy atom. The minimum Gasteiger partial charge on any atom is -0.326 e. The van der Waals surface area contributed by atoms with E-state index in [1.54, 1.807) is 24.3 Å². The zero-order valence-electron chi connectivity index (χ0n) is 12.1. The quantitative estimate of drug-likeness (QED) is 0.915. The molecule has 1 saturated heterocycles. The number of rotatable bonds is 4. The van der Waals surface area contributed by atoms with Crippen LogP contribution in [0.1, 0.15) is 32.3 Å². The fraction of sp³-hybridized carbons (Fsp3) is 0.500. The van der Waals surface area contributed by atoms with Crippen molar-refractivity contribution >= 4 is 11.6 Å². The molecule has 2 rings (SSSR count). The number of carbonyl (C=O) groups is 1. The lowest BCUT2D eigenvalue weighted by Crippen LogP contribution is -2.27. The summed E-state index contributed by atoms with van der Waals surface area (Å²) in [5.74, 6) is 0.00444. The standard InChI is InChI=1S/C16H21N3O/c1-16(2)7-9-19(12-16)8-6-15(20)18-14-5-3-4-13(10-14)11-17/h3-5,10H,6-9,12H2,1-2H3,(H,18,20). The number of nitrogens with zero attached hydrogens (tertiary/aromatic N) is 2. The molecule has 0 saturated carbocycles. The van der Waals surface area contributed by atoms with E-state index in [1.807, 2.05) is 0 Å². The number of nitrogens with one attached hydrogen (secondary N) is 1. The molecule has 1 heterocycles. The van der Waals surface area contributed by atoms with Gasteiger partial charge in [0.05, 0.1) is 11.6 Å². The number of hydrogen-bond donors (Lipinski definition) is 1. The summed E-state index contributed by atoms with van der Waals surface area (Å²) in [5.41, 5.74) is 1.62. The van der Waals surface area contributed by atoms with E-state index in [0.29, 0.717) is 23.1 Å². The number of likely N-dealkylation sites (tertiary alicyclic amines) is 1. The number of amides is 1. The third-order valence-electron chi connectivity index (χ3n) is 3.69. The van der Waals surface area contributed by atoms with Gasteiger partial charge in [-0.1, -0.05) is 19.9 Å². The summed E-state index contributed by atoms with van der Waals surface area (Å²) in [7, 11) is 0. The second kappa shape index (κ2) is 6.06. The maximum Gasteiger partial charge on any atom is 0.225 e. The summed E-state index contributed by atoms with van der Waals surface area (Å²) in [6.07, 6.45) is 1.69. The summed E-state index contributed by atoms with van der Waals surface area (Å²) in [4.78, 5) is 14.2. The first-order chi connectivity index (χ1) is 9.48. The van der Waals surface area contributed by atoms with Gasteiger partial charge in [0.15, 0.2) is 0 Å². The molecule has 0 bridgehead atoms. The molecule has 1 aromatic rings. The Hall–Kier alpha value is -1.86. The van der Waals surface area contributed by atoms with Gasteiger partial charge in [-0.3, -0.25) is 4.79 Å². The number of nitriles is 1. The van der Waals surface area contributed by atoms with E-state index in [0.717, 1.165) is 19.6 Å². The minimum atomic E-state index is 0.00444. The Morgan fingerprint density at radius 3 is 2.95 bits per heavy atom. The lowest BCUT2D eigenvalue weighted by molar-refractivity contribution is -0.116. The lowest BCUT2D eigenvalue weighted by atomic mass is 9.93. The highest BCUT2D eigenvalue weighted by Crippen LogP contribution is 2.28. The molecule has 1 aromatic carbocycles. The van der Waals surface area contributed by atoms with Crippen LogP contribution < -0.4 is 5.32 Å². The van der Waals surface area contributed by atoms with Crippen LogP contribution in [0, 0.1) is 16.7 Å². The van der Waals surface area contributed by atoms with Crippen molar-refractivity contribution in [2.45, 2.75) is 26.7 Å². The van der Waals surface area contributed by atoms with Crippen LogP contribution >= 0.6 is 0 Å². The molecule has 1 amide bonds. The molecule has 0 spiro atoms. The summed E-state index contributed by atoms with van der Waals surface area (Å²) in [5, 5.41) is 11.7. The Labute approximate surface area is 120 Å². The molecule has 0 radical (unpaired) electrons. The Bertz CT molecular complexity index is 531. The molecule has 1 aliphatic rings. The molecule has 0 aromatic heterocycles. The summed E-state index contributed by atoms with van der Waals surface area (Å²) >= 11 is 0. The Morgan fingerprint density at radius 2 is 2.30 bits per heavy atom. The molecule has 106 valence electrons. The van der Waals surface area contributed by atoms with Gasteiger partial charge in [0.1, 0.15) is 0 Å². The van der Waals surface area contributed by atoms with E-state index < -0.39 is 0 Å². The van der Waals surface area contributed by atoms with Gasteiger partial charge >= 0.3 is 0 Å². The average Bonchev–Trinajstić information content (AvgIpc) is 2.76. The maximum absolute atomic E-state index is 11.9. The fourth-order valence-electron chi connectivity index (χ4n) is 2.56. The highest BCUT2D eigenvalue weighted by molar-refractivity contribution is 5.90. The van der Waals surface area contributed by atoms with Crippen molar-refractivity contribution < 1.29 is 4.79 Å². The van der Waals surface area contributed by atoms with Crippen LogP contribution in [-0.2, 0) is 4.79 Å². The maximum atomic E-state index is 11.9. The molecule has 1 N–H and O–H groups in total. The third kappa shape index (κ3) is 4.07. The predicted molar refractivity (Wildman–Crippen MR) is 79.2 cm³/mol. The molecule has 0 unspecified atom stereocenters. The van der Waals surface area contributed by atoms with E-state index in [1.165, 1.54) is 6.42 Å². The van der Waals surface area contributed by atoms with Crippen LogP contribution in [0.15, 0.2) is 24.3 Å². The van der Waals surface area contributed by atoms with Crippen LogP contribution in [0.4, 0.5) is 5.69 Å². The van der Waals surface area contributed by atoms with Crippen molar-refractivity contribution in [3.8, 4) is 6.07 Å². The van der Waals surface area contributed by atoms with Gasteiger partial charge in [0, 0.05) is 25.2 Å². The van der Waals surface area contributed by atoms with Crippen LogP contribution in [0.25, 0.3) is 0 Å². The van der Waals surface area contributed by atoms with Crippen molar-refractivity contribution in [1.82, 2.24) is 4.90 Å². The zero-order valence-corrected chi connectivity index (χ0v) is 12.1. The van der Waals surface area contributed by atoms with Gasteiger partial charge in [-0.05, 0) is 36.6 Å². The van der Waals surface area contributed by atoms with Crippen LogP contribution in [0.3, 0.4) is 0 Å². The topological polar surface area (TPSA) is 56.1 Å². The summed E-state index contributed by atoms with van der Waals surface area (Å²) in [6, 6.07) is 9.06. The van der Waals surface area contributed by atoms with Crippen LogP contribution in [0.5, 0.6) is 0 Å². The summed E-state index contributed by atoms with van der Waals surface area (Å²) in [6.45, 7) is 7.46. The van der Waals surface area contributed by atoms with Gasteiger partial charge < -0.3 is 10.2 Å². The fourth-order valence-corrected chi connectivity index (χ4v) is 2.56. The molecular weight excluding hydrogens is 250 g/mol. The highest BCUT2D eigenvalue weighted by atomic mass is 16.1. The molecular formula is C16H21N3O. The van der Waals surface area contributed by atoms with Crippen molar-refractivity contribution in [1.29, 1.82) is 5.26 Å². The van der Waals surface area contributed by atoms with E-state index in [2.05, 4.69) is 30.1 Å². The van der Waals surface area contributed by atoms with E-state index in [9.17, 15) is 4.79 Å². The van der Waals surface area contributed by atoms with E-state index in [-0.39, 0.29) is 5.91 Å². The van der Waals surface area contributed by atoms with Gasteiger partial charge in [-0.15, -0.1) is 0 Å². The molecule has 4 heteroatoms. The number of hydrogen-bond acceptors (Lipinski definition) is 3. The summed E-state index contributed by atoms with van der Waals surface area (Å²) < 4.78 is 0. The smallest absolute Gasteiger partial charge is 0.225 e. The first-order valence-corrected chi connectivity index (χ1v) is 7.01. The van der Waals surface area contributed by atoms with Crippen molar-refractivity contribution in [2.75, 3.05) is 25.0 Å². The molecule has 20 heavy (non-hydrogen) atoms. The largest absolute Gasteiger partial charge is 0.326 e. The first-order valence-electron chi connectivity index (χ1n) is 7.01. The van der Waals surface area contributed by atoms with Crippen molar-refractivity contribution in [3.63, 3.8) is 0 Å². The highest BCUT2D eigenvalue weighted by Gasteiger charge is 2.28. The minimum absolute atomic E-state index is 0.00444. The lowest BCUT2D eigenvalue weighted by Gasteiger charge is -2.19. The molecule has 0 atom stereocenters. The van der Waals surface area contributed by atoms with Gasteiger partial charge in [-0.2, -0.15) is 5.26 Å². The van der Waals surface area contributed by atoms with Gasteiger partial charge in [0.2, 0.25) is 5.91 Å². The predicted octanol–water partition coefficient (Wildman–Crippen LogP) is 2.62. The zero-order chi connectivity index (χ0) is 14.6. The third-order valence-corrected chi connectivity index (χ3v) is 3.69.